The number of rotatable bonds is 9. The van der Waals surface area contributed by atoms with E-state index >= 15 is 0 Å². The summed E-state index contributed by atoms with van der Waals surface area (Å²) in [5, 5.41) is 14.4. The fourth-order valence-electron chi connectivity index (χ4n) is 3.16. The van der Waals surface area contributed by atoms with E-state index in [1.165, 1.54) is 50.8 Å². The average molecular weight is 416 g/mol. The van der Waals surface area contributed by atoms with Gasteiger partial charge in [-0.05, 0) is 25.8 Å². The third-order valence-corrected chi connectivity index (χ3v) is 7.06. The second kappa shape index (κ2) is 9.41. The van der Waals surface area contributed by atoms with Gasteiger partial charge in [-0.2, -0.15) is 11.8 Å². The number of sulfonamides is 1. The van der Waals surface area contributed by atoms with Gasteiger partial charge in [0, 0.05) is 29.7 Å². The van der Waals surface area contributed by atoms with Crippen molar-refractivity contribution in [2.75, 3.05) is 22.9 Å². The predicted octanol–water partition coefficient (Wildman–Crippen LogP) is 2.54. The minimum Gasteiger partial charge on any atom is -0.353 e. The second-order valence-electron chi connectivity index (χ2n) is 6.58. The standard InChI is InChI=1S/C17H25N3O5S2/c1-13(17(21)18-10-11-26-16-8-3-4-9-16)19(27(2,24)25)14-6-5-7-15(12-14)20(22)23/h5-7,12-13,16H,3-4,8-11H2,1-2H3,(H,18,21). The number of carbonyl (C=O) groups excluding carboxylic acids is 1. The highest BCUT2D eigenvalue weighted by Gasteiger charge is 2.30. The van der Waals surface area contributed by atoms with Crippen LogP contribution in [0.25, 0.3) is 0 Å². The Labute approximate surface area is 163 Å². The number of nitrogens with one attached hydrogen (secondary N) is 1. The lowest BCUT2D eigenvalue weighted by molar-refractivity contribution is -0.384. The molecule has 27 heavy (non-hydrogen) atoms. The molecule has 8 nitrogen and oxygen atoms in total. The predicted molar refractivity (Wildman–Crippen MR) is 108 cm³/mol. The van der Waals surface area contributed by atoms with E-state index in [1.54, 1.807) is 0 Å². The first-order valence-corrected chi connectivity index (χ1v) is 11.7. The summed E-state index contributed by atoms with van der Waals surface area (Å²) < 4.78 is 25.4. The smallest absolute Gasteiger partial charge is 0.271 e. The van der Waals surface area contributed by atoms with Crippen LogP contribution in [0.15, 0.2) is 24.3 Å². The number of non-ortho nitro benzene ring substituents is 1. The summed E-state index contributed by atoms with van der Waals surface area (Å²) in [6, 6.07) is 4.25. The van der Waals surface area contributed by atoms with Crippen LogP contribution in [0.1, 0.15) is 32.6 Å². The van der Waals surface area contributed by atoms with Crippen LogP contribution in [0.4, 0.5) is 11.4 Å². The summed E-state index contributed by atoms with van der Waals surface area (Å²) in [5.41, 5.74) is -0.142. The van der Waals surface area contributed by atoms with E-state index in [2.05, 4.69) is 5.32 Å². The lowest BCUT2D eigenvalue weighted by Crippen LogP contribution is -2.48. The molecule has 1 fully saturated rings. The van der Waals surface area contributed by atoms with Crippen LogP contribution in [-0.2, 0) is 14.8 Å². The Kier molecular flexibility index (Phi) is 7.49. The molecule has 1 atom stereocenters. The third-order valence-electron chi connectivity index (χ3n) is 4.44. The number of benzene rings is 1. The van der Waals surface area contributed by atoms with Crippen molar-refractivity contribution in [3.63, 3.8) is 0 Å². The van der Waals surface area contributed by atoms with Gasteiger partial charge in [0.25, 0.3) is 5.69 Å². The maximum atomic E-state index is 12.5. The van der Waals surface area contributed by atoms with Crippen molar-refractivity contribution in [3.05, 3.63) is 34.4 Å². The molecule has 1 aliphatic rings. The fraction of sp³-hybridized carbons (Fsp3) is 0.588. The van der Waals surface area contributed by atoms with Crippen molar-refractivity contribution in [1.82, 2.24) is 5.32 Å². The highest BCUT2D eigenvalue weighted by atomic mass is 32.2. The molecule has 1 unspecified atom stereocenters. The molecule has 1 aromatic rings. The van der Waals surface area contributed by atoms with Crippen molar-refractivity contribution in [2.45, 2.75) is 43.9 Å². The van der Waals surface area contributed by atoms with Gasteiger partial charge in [0.1, 0.15) is 6.04 Å². The topological polar surface area (TPSA) is 110 Å². The van der Waals surface area contributed by atoms with E-state index in [4.69, 9.17) is 0 Å². The number of nitro benzene ring substituents is 1. The van der Waals surface area contributed by atoms with Crippen molar-refractivity contribution >= 4 is 39.1 Å². The first-order chi connectivity index (χ1) is 12.7. The van der Waals surface area contributed by atoms with E-state index in [-0.39, 0.29) is 11.4 Å². The van der Waals surface area contributed by atoms with Crippen molar-refractivity contribution in [1.29, 1.82) is 0 Å². The molecule has 0 spiro atoms. The van der Waals surface area contributed by atoms with E-state index in [1.807, 2.05) is 11.8 Å². The molecule has 0 bridgehead atoms. The summed E-state index contributed by atoms with van der Waals surface area (Å²) in [6.45, 7) is 1.93. The van der Waals surface area contributed by atoms with Crippen molar-refractivity contribution < 1.29 is 18.1 Å². The molecule has 0 aromatic heterocycles. The number of anilines is 1. The first kappa shape index (κ1) is 21.5. The molecule has 2 rings (SSSR count). The maximum Gasteiger partial charge on any atom is 0.271 e. The number of carbonyl (C=O) groups is 1. The molecule has 1 saturated carbocycles. The lowest BCUT2D eigenvalue weighted by atomic mass is 10.2. The van der Waals surface area contributed by atoms with Crippen molar-refractivity contribution in [3.8, 4) is 0 Å². The minimum absolute atomic E-state index is 0.0923. The summed E-state index contributed by atoms with van der Waals surface area (Å²) in [4.78, 5) is 22.8. The largest absolute Gasteiger partial charge is 0.353 e. The zero-order chi connectivity index (χ0) is 20.0. The summed E-state index contributed by atoms with van der Waals surface area (Å²) in [7, 11) is -3.80. The summed E-state index contributed by atoms with van der Waals surface area (Å²) in [6.07, 6.45) is 5.92. The Hall–Kier alpha value is -1.81. The van der Waals surface area contributed by atoms with E-state index in [9.17, 15) is 23.3 Å². The fourth-order valence-corrected chi connectivity index (χ4v) is 5.54. The van der Waals surface area contributed by atoms with Gasteiger partial charge in [-0.3, -0.25) is 19.2 Å². The van der Waals surface area contributed by atoms with Gasteiger partial charge in [0.15, 0.2) is 0 Å². The molecular weight excluding hydrogens is 390 g/mol. The second-order valence-corrected chi connectivity index (χ2v) is 9.85. The Morgan fingerprint density at radius 1 is 1.41 bits per heavy atom. The van der Waals surface area contributed by atoms with Crippen molar-refractivity contribution in [2.24, 2.45) is 0 Å². The van der Waals surface area contributed by atoms with Crippen LogP contribution < -0.4 is 9.62 Å². The van der Waals surface area contributed by atoms with E-state index in [0.29, 0.717) is 11.8 Å². The van der Waals surface area contributed by atoms with E-state index in [0.717, 1.165) is 22.4 Å². The van der Waals surface area contributed by atoms with Crippen LogP contribution in [0.5, 0.6) is 0 Å². The van der Waals surface area contributed by atoms with Gasteiger partial charge in [-0.15, -0.1) is 0 Å². The van der Waals surface area contributed by atoms with Gasteiger partial charge >= 0.3 is 0 Å². The Bertz CT molecular complexity index is 779. The van der Waals surface area contributed by atoms with Gasteiger partial charge in [-0.25, -0.2) is 8.42 Å². The van der Waals surface area contributed by atoms with E-state index < -0.39 is 26.9 Å². The molecule has 0 heterocycles. The number of hydrogen-bond donors (Lipinski definition) is 1. The zero-order valence-corrected chi connectivity index (χ0v) is 17.1. The third kappa shape index (κ3) is 6.10. The normalized spacial score (nSPS) is 16.1. The van der Waals surface area contributed by atoms with Crippen LogP contribution >= 0.6 is 11.8 Å². The molecule has 1 aromatic carbocycles. The molecule has 0 saturated heterocycles. The number of nitro groups is 1. The highest BCUT2D eigenvalue weighted by Crippen LogP contribution is 2.29. The number of hydrogen-bond acceptors (Lipinski definition) is 6. The average Bonchev–Trinajstić information content (AvgIpc) is 3.11. The molecule has 150 valence electrons. The van der Waals surface area contributed by atoms with Crippen LogP contribution in [0.3, 0.4) is 0 Å². The molecule has 10 heteroatoms. The molecular formula is C17H25N3O5S2. The zero-order valence-electron chi connectivity index (χ0n) is 15.5. The number of amides is 1. The molecule has 1 aliphatic carbocycles. The highest BCUT2D eigenvalue weighted by molar-refractivity contribution is 7.99. The Balaban J connectivity index is 2.03. The van der Waals surface area contributed by atoms with Crippen LogP contribution in [-0.4, -0.2) is 49.1 Å². The van der Waals surface area contributed by atoms with Crippen LogP contribution in [0.2, 0.25) is 0 Å². The van der Waals surface area contributed by atoms with Gasteiger partial charge in [-0.1, -0.05) is 18.9 Å². The van der Waals surface area contributed by atoms with Gasteiger partial charge in [0.05, 0.1) is 16.9 Å². The Morgan fingerprint density at radius 2 is 2.07 bits per heavy atom. The van der Waals surface area contributed by atoms with Crippen LogP contribution in [0, 0.1) is 10.1 Å². The first-order valence-electron chi connectivity index (χ1n) is 8.83. The monoisotopic (exact) mass is 415 g/mol. The number of thioether (sulfide) groups is 1. The maximum absolute atomic E-state index is 12.5. The summed E-state index contributed by atoms with van der Waals surface area (Å²) in [5.74, 6) is 0.345. The minimum atomic E-state index is -3.80. The Morgan fingerprint density at radius 3 is 2.67 bits per heavy atom. The van der Waals surface area contributed by atoms with Gasteiger partial charge < -0.3 is 5.32 Å². The molecule has 1 N–H and O–H groups in total. The number of nitrogens with zero attached hydrogens (tertiary/aromatic N) is 2. The molecule has 1 amide bonds. The quantitative estimate of drug-likeness (QED) is 0.377. The summed E-state index contributed by atoms with van der Waals surface area (Å²) >= 11 is 1.83. The molecule has 0 radical (unpaired) electrons. The lowest BCUT2D eigenvalue weighted by Gasteiger charge is -2.28. The van der Waals surface area contributed by atoms with Gasteiger partial charge in [0.2, 0.25) is 15.9 Å². The molecule has 0 aliphatic heterocycles. The SMILES string of the molecule is CC(C(=O)NCCSC1CCCC1)N(c1cccc([N+](=O)[O-])c1)S(C)(=O)=O.